The highest BCUT2D eigenvalue weighted by molar-refractivity contribution is 5.69. The Morgan fingerprint density at radius 1 is 1.00 bits per heavy atom. The summed E-state index contributed by atoms with van der Waals surface area (Å²) in [6.07, 6.45) is 0. The van der Waals surface area contributed by atoms with Gasteiger partial charge in [0.1, 0.15) is 0 Å². The topological polar surface area (TPSA) is 43.6 Å². The van der Waals surface area contributed by atoms with Crippen molar-refractivity contribution in [3.8, 4) is 0 Å². The molecular formula is C9H12F4N5+. The zero-order valence-electron chi connectivity index (χ0n) is 10.2. The van der Waals surface area contributed by atoms with E-state index in [1.165, 1.54) is 0 Å². The molecule has 0 aliphatic carbocycles. The maximum atomic E-state index is 12.8. The number of halogens is 4. The van der Waals surface area contributed by atoms with Gasteiger partial charge in [0.25, 0.3) is 5.95 Å². The van der Waals surface area contributed by atoms with E-state index >= 15 is 0 Å². The second-order valence-electron chi connectivity index (χ2n) is 4.84. The van der Waals surface area contributed by atoms with Gasteiger partial charge >= 0.3 is 0 Å². The van der Waals surface area contributed by atoms with Crippen molar-refractivity contribution in [2.45, 2.75) is 0 Å². The number of hydrogen-bond acceptors (Lipinski definition) is 3. The molecule has 0 fully saturated rings. The minimum atomic E-state index is -1.85. The summed E-state index contributed by atoms with van der Waals surface area (Å²) < 4.78 is 51.1. The van der Waals surface area contributed by atoms with Gasteiger partial charge in [-0.3, -0.25) is 0 Å². The third-order valence-corrected chi connectivity index (χ3v) is 1.40. The molecule has 0 spiro atoms. The second kappa shape index (κ2) is 4.84. The fourth-order valence-corrected chi connectivity index (χ4v) is 0.847. The third-order valence-electron chi connectivity index (χ3n) is 1.40. The highest BCUT2D eigenvalue weighted by Crippen LogP contribution is 2.17. The number of rotatable bonds is 0. The van der Waals surface area contributed by atoms with E-state index in [2.05, 4.69) is 43.5 Å². The molecule has 9 heteroatoms. The Hall–Kier alpha value is -1.77. The van der Waals surface area contributed by atoms with Gasteiger partial charge in [-0.2, -0.15) is 13.8 Å². The van der Waals surface area contributed by atoms with Crippen LogP contribution in [0.4, 0.5) is 17.7 Å². The Morgan fingerprint density at radius 2 is 1.50 bits per heavy atom. The van der Waals surface area contributed by atoms with Crippen LogP contribution >= 0.6 is 0 Å². The molecule has 0 amide bonds. The maximum Gasteiger partial charge on any atom is 0.254 e. The average Bonchev–Trinajstić information content (AvgIpc) is 2.54. The van der Waals surface area contributed by atoms with E-state index in [-0.39, 0.29) is 0 Å². The minimum Gasteiger partial charge on any atom is -0.333 e. The standard InChI is InChI=1S/C5F4N4.C4H12N/c6-1-2(7)4(8)10-5-3(1)13(9)12-11-5;1-5(2,3)4/h;1-4H3/q;+1. The molecule has 18 heavy (non-hydrogen) atoms. The molecule has 0 saturated carbocycles. The highest BCUT2D eigenvalue weighted by Gasteiger charge is 2.20. The van der Waals surface area contributed by atoms with Gasteiger partial charge in [-0.15, -0.1) is 5.10 Å². The van der Waals surface area contributed by atoms with Crippen LogP contribution in [0.3, 0.4) is 0 Å². The molecule has 2 aromatic heterocycles. The van der Waals surface area contributed by atoms with Crippen LogP contribution in [0.25, 0.3) is 11.2 Å². The zero-order valence-corrected chi connectivity index (χ0v) is 10.2. The van der Waals surface area contributed by atoms with Gasteiger partial charge in [0.2, 0.25) is 11.5 Å². The van der Waals surface area contributed by atoms with E-state index in [0.29, 0.717) is 0 Å². The van der Waals surface area contributed by atoms with Crippen molar-refractivity contribution in [2.75, 3.05) is 28.2 Å². The van der Waals surface area contributed by atoms with Gasteiger partial charge in [-0.05, 0) is 5.21 Å². The predicted molar refractivity (Wildman–Crippen MR) is 55.7 cm³/mol. The summed E-state index contributed by atoms with van der Waals surface area (Å²) in [5.41, 5.74) is -1.54. The monoisotopic (exact) mass is 266 g/mol. The molecular weight excluding hydrogens is 254 g/mol. The maximum absolute atomic E-state index is 12.8. The van der Waals surface area contributed by atoms with Crippen molar-refractivity contribution in [3.63, 3.8) is 0 Å². The first-order valence-electron chi connectivity index (χ1n) is 4.82. The molecule has 0 bridgehead atoms. The van der Waals surface area contributed by atoms with Gasteiger partial charge < -0.3 is 4.48 Å². The molecule has 2 heterocycles. The molecule has 0 unspecified atom stereocenters. The van der Waals surface area contributed by atoms with Crippen molar-refractivity contribution >= 4 is 11.2 Å². The lowest BCUT2D eigenvalue weighted by molar-refractivity contribution is -0.849. The number of nitrogens with zero attached hydrogens (tertiary/aromatic N) is 5. The molecule has 0 atom stereocenters. The molecule has 5 nitrogen and oxygen atoms in total. The lowest BCUT2D eigenvalue weighted by Crippen LogP contribution is -2.27. The van der Waals surface area contributed by atoms with Crippen molar-refractivity contribution < 1.29 is 22.1 Å². The van der Waals surface area contributed by atoms with E-state index in [4.69, 9.17) is 0 Å². The SMILES string of the molecule is C[N+](C)(C)C.Fc1nc2nnn(F)c2c(F)c1F. The zero-order chi connectivity index (χ0) is 14.1. The molecule has 100 valence electrons. The molecule has 0 aliphatic rings. The normalized spacial score (nSPS) is 11.3. The van der Waals surface area contributed by atoms with Gasteiger partial charge in [0.15, 0.2) is 11.3 Å². The molecule has 2 rings (SSSR count). The number of pyridine rings is 1. The van der Waals surface area contributed by atoms with Gasteiger partial charge in [0, 0.05) is 0 Å². The van der Waals surface area contributed by atoms with Gasteiger partial charge in [0.05, 0.1) is 28.2 Å². The summed E-state index contributed by atoms with van der Waals surface area (Å²) in [5, 5.41) is 5.66. The number of fused-ring (bicyclic) bond motifs is 1. The summed E-state index contributed by atoms with van der Waals surface area (Å²) >= 11 is 0. The smallest absolute Gasteiger partial charge is 0.254 e. The minimum absolute atomic E-state index is 0.514. The first-order chi connectivity index (χ1) is 8.11. The van der Waals surface area contributed by atoms with Gasteiger partial charge in [-0.1, -0.05) is 9.39 Å². The van der Waals surface area contributed by atoms with Crippen molar-refractivity contribution in [3.05, 3.63) is 17.6 Å². The van der Waals surface area contributed by atoms with Crippen LogP contribution in [0.2, 0.25) is 0 Å². The number of quaternary nitrogens is 1. The largest absolute Gasteiger partial charge is 0.333 e. The van der Waals surface area contributed by atoms with Crippen LogP contribution in [0, 0.1) is 17.6 Å². The third kappa shape index (κ3) is 3.36. The van der Waals surface area contributed by atoms with Crippen LogP contribution in [0.5, 0.6) is 0 Å². The Morgan fingerprint density at radius 3 is 2.00 bits per heavy atom. The summed E-state index contributed by atoms with van der Waals surface area (Å²) in [4.78, 5) is 2.33. The Balaban J connectivity index is 0.000000280. The predicted octanol–water partition coefficient (Wildman–Crippen LogP) is 1.30. The van der Waals surface area contributed by atoms with Crippen molar-refractivity contribution in [1.29, 1.82) is 0 Å². The fourth-order valence-electron chi connectivity index (χ4n) is 0.847. The fraction of sp³-hybridized carbons (Fsp3) is 0.444. The van der Waals surface area contributed by atoms with Crippen LogP contribution in [0.15, 0.2) is 0 Å². The lowest BCUT2D eigenvalue weighted by Gasteiger charge is -2.14. The summed E-state index contributed by atoms with van der Waals surface area (Å²) in [5.74, 6) is -5.23. The summed E-state index contributed by atoms with van der Waals surface area (Å²) in [6.45, 7) is 0. The molecule has 0 radical (unpaired) electrons. The Labute approximate surface area is 100 Å². The number of hydrogen-bond donors (Lipinski definition) is 0. The van der Waals surface area contributed by atoms with E-state index in [1.807, 2.05) is 0 Å². The molecule has 0 aliphatic heterocycles. The van der Waals surface area contributed by atoms with Crippen molar-refractivity contribution in [2.24, 2.45) is 0 Å². The lowest BCUT2D eigenvalue weighted by atomic mass is 10.4. The summed E-state index contributed by atoms with van der Waals surface area (Å²) in [6, 6.07) is 0. The quantitative estimate of drug-likeness (QED) is 0.410. The number of aromatic nitrogens is 4. The van der Waals surface area contributed by atoms with E-state index in [9.17, 15) is 17.7 Å². The van der Waals surface area contributed by atoms with Crippen LogP contribution in [-0.2, 0) is 0 Å². The first kappa shape index (κ1) is 14.3. The molecule has 0 aromatic carbocycles. The molecule has 0 N–H and O–H groups in total. The average molecular weight is 266 g/mol. The van der Waals surface area contributed by atoms with Crippen LogP contribution in [0.1, 0.15) is 0 Å². The first-order valence-corrected chi connectivity index (χ1v) is 4.82. The molecule has 0 saturated heterocycles. The van der Waals surface area contributed by atoms with E-state index < -0.39 is 33.6 Å². The van der Waals surface area contributed by atoms with E-state index in [0.717, 1.165) is 4.48 Å². The molecule has 2 aromatic rings. The highest BCUT2D eigenvalue weighted by atomic mass is 19.2. The summed E-state index contributed by atoms with van der Waals surface area (Å²) in [7, 11) is 8.50. The second-order valence-corrected chi connectivity index (χ2v) is 4.84. The van der Waals surface area contributed by atoms with Crippen molar-refractivity contribution in [1.82, 2.24) is 20.2 Å². The van der Waals surface area contributed by atoms with Crippen LogP contribution in [-0.4, -0.2) is 52.9 Å². The Kier molecular flexibility index (Phi) is 3.85. The van der Waals surface area contributed by atoms with Crippen LogP contribution < -0.4 is 0 Å². The van der Waals surface area contributed by atoms with E-state index in [1.54, 1.807) is 0 Å². The van der Waals surface area contributed by atoms with Gasteiger partial charge in [-0.25, -0.2) is 4.39 Å². The Bertz CT molecular complexity index is 554.